The van der Waals surface area contributed by atoms with Crippen LogP contribution < -0.4 is 0 Å². The van der Waals surface area contributed by atoms with Gasteiger partial charge in [-0.3, -0.25) is 4.68 Å². The number of aromatic nitrogens is 5. The molecule has 1 unspecified atom stereocenters. The van der Waals surface area contributed by atoms with E-state index in [1.54, 1.807) is 41.4 Å². The fourth-order valence-electron chi connectivity index (χ4n) is 3.76. The molecule has 8 nitrogen and oxygen atoms in total. The molecular formula is C25H26N6O2S. The highest BCUT2D eigenvalue weighted by Crippen LogP contribution is 2.29. The van der Waals surface area contributed by atoms with Crippen LogP contribution in [0.15, 0.2) is 72.3 Å². The molecule has 34 heavy (non-hydrogen) atoms. The molecule has 3 heterocycles. The quantitative estimate of drug-likeness (QED) is 0.351. The van der Waals surface area contributed by atoms with Gasteiger partial charge in [-0.1, -0.05) is 38.1 Å². The molecule has 4 aromatic rings. The number of sulfone groups is 1. The molecule has 1 aromatic carbocycles. The van der Waals surface area contributed by atoms with Crippen LogP contribution in [-0.4, -0.2) is 38.9 Å². The minimum Gasteiger partial charge on any atom is -0.346 e. The molecule has 0 saturated heterocycles. The van der Waals surface area contributed by atoms with Crippen molar-refractivity contribution < 1.29 is 8.42 Å². The predicted octanol–water partition coefficient (Wildman–Crippen LogP) is 4.70. The summed E-state index contributed by atoms with van der Waals surface area (Å²) >= 11 is 0. The Morgan fingerprint density at radius 2 is 2.06 bits per heavy atom. The van der Waals surface area contributed by atoms with E-state index in [2.05, 4.69) is 40.0 Å². The maximum Gasteiger partial charge on any atom is 0.181 e. The van der Waals surface area contributed by atoms with E-state index in [1.165, 1.54) is 6.33 Å². The first-order valence-corrected chi connectivity index (χ1v) is 12.7. The zero-order chi connectivity index (χ0) is 24.1. The van der Waals surface area contributed by atoms with Gasteiger partial charge in [-0.15, -0.1) is 0 Å². The number of hydrogen-bond acceptors (Lipinski definition) is 6. The van der Waals surface area contributed by atoms with E-state index in [0.29, 0.717) is 11.5 Å². The second-order valence-corrected chi connectivity index (χ2v) is 10.5. The van der Waals surface area contributed by atoms with Crippen molar-refractivity contribution in [1.82, 2.24) is 24.7 Å². The Hall–Kier alpha value is -3.77. The number of rotatable bonds is 9. The van der Waals surface area contributed by atoms with Gasteiger partial charge in [-0.05, 0) is 36.1 Å². The smallest absolute Gasteiger partial charge is 0.181 e. The lowest BCUT2D eigenvalue weighted by Crippen LogP contribution is -2.12. The largest absolute Gasteiger partial charge is 0.346 e. The molecule has 1 N–H and O–H groups in total. The van der Waals surface area contributed by atoms with Crippen LogP contribution in [0.1, 0.15) is 38.3 Å². The van der Waals surface area contributed by atoms with Gasteiger partial charge < -0.3 is 4.98 Å². The summed E-state index contributed by atoms with van der Waals surface area (Å²) in [5, 5.41) is 14.8. The van der Waals surface area contributed by atoms with Crippen LogP contribution in [0.4, 0.5) is 0 Å². The third-order valence-electron chi connectivity index (χ3n) is 5.52. The van der Waals surface area contributed by atoms with Crippen molar-refractivity contribution in [2.24, 2.45) is 5.92 Å². The Balaban J connectivity index is 1.63. The number of fused-ring (bicyclic) bond motifs is 1. The average molecular weight is 475 g/mol. The van der Waals surface area contributed by atoms with Crippen molar-refractivity contribution in [2.75, 3.05) is 5.75 Å². The summed E-state index contributed by atoms with van der Waals surface area (Å²) in [5.41, 5.74) is 2.95. The molecule has 9 heteroatoms. The van der Waals surface area contributed by atoms with E-state index in [-0.39, 0.29) is 17.1 Å². The van der Waals surface area contributed by atoms with Gasteiger partial charge >= 0.3 is 0 Å². The van der Waals surface area contributed by atoms with E-state index in [1.807, 2.05) is 24.4 Å². The van der Waals surface area contributed by atoms with Gasteiger partial charge in [0, 0.05) is 23.3 Å². The first-order chi connectivity index (χ1) is 16.4. The monoisotopic (exact) mass is 474 g/mol. The van der Waals surface area contributed by atoms with E-state index < -0.39 is 15.9 Å². The maximum absolute atomic E-state index is 12.9. The van der Waals surface area contributed by atoms with Crippen LogP contribution in [0.3, 0.4) is 0 Å². The summed E-state index contributed by atoms with van der Waals surface area (Å²) in [4.78, 5) is 11.9. The lowest BCUT2D eigenvalue weighted by atomic mass is 10.0. The minimum atomic E-state index is -3.49. The molecule has 3 aromatic heterocycles. The zero-order valence-corrected chi connectivity index (χ0v) is 19.9. The van der Waals surface area contributed by atoms with Gasteiger partial charge in [0.15, 0.2) is 9.84 Å². The molecule has 4 rings (SSSR count). The van der Waals surface area contributed by atoms with Crippen LogP contribution in [0, 0.1) is 17.2 Å². The normalized spacial score (nSPS) is 13.0. The van der Waals surface area contributed by atoms with Crippen molar-refractivity contribution in [3.05, 3.63) is 73.0 Å². The summed E-state index contributed by atoms with van der Waals surface area (Å²) in [6.45, 7) is 4.17. The van der Waals surface area contributed by atoms with E-state index in [4.69, 9.17) is 0 Å². The summed E-state index contributed by atoms with van der Waals surface area (Å²) in [7, 11) is -3.49. The number of H-pyrrole nitrogens is 1. The first-order valence-electron chi connectivity index (χ1n) is 11.1. The van der Waals surface area contributed by atoms with E-state index >= 15 is 0 Å². The van der Waals surface area contributed by atoms with Crippen molar-refractivity contribution in [1.29, 1.82) is 5.26 Å². The van der Waals surface area contributed by atoms with E-state index in [0.717, 1.165) is 28.7 Å². The highest BCUT2D eigenvalue weighted by atomic mass is 32.2. The number of nitrogens with one attached hydrogen (secondary N) is 1. The number of hydrogen-bond donors (Lipinski definition) is 1. The van der Waals surface area contributed by atoms with Gasteiger partial charge in [0.1, 0.15) is 12.0 Å². The Labute approximate surface area is 198 Å². The molecule has 174 valence electrons. The Bertz CT molecular complexity index is 1460. The molecule has 0 spiro atoms. The molecule has 0 aliphatic carbocycles. The number of aromatic amines is 1. The summed E-state index contributed by atoms with van der Waals surface area (Å²) in [5.74, 6) is 0.418. The van der Waals surface area contributed by atoms with Crippen molar-refractivity contribution >= 4 is 20.9 Å². The second kappa shape index (κ2) is 10.0. The molecule has 0 amide bonds. The maximum atomic E-state index is 12.9. The van der Waals surface area contributed by atoms with Crippen molar-refractivity contribution in [3.8, 4) is 17.3 Å². The van der Waals surface area contributed by atoms with Crippen LogP contribution in [-0.2, 0) is 9.84 Å². The SMILES string of the molecule is CC(C)CC=CCS(=O)(=O)c1cccc(C(CC#N)n2cc(-c3ncnc4[nH]ccc34)cn2)c1. The fraction of sp³-hybridized carbons (Fsp3) is 0.280. The van der Waals surface area contributed by atoms with Gasteiger partial charge in [-0.25, -0.2) is 18.4 Å². The summed E-state index contributed by atoms with van der Waals surface area (Å²) in [6.07, 6.45) is 11.4. The van der Waals surface area contributed by atoms with Gasteiger partial charge in [-0.2, -0.15) is 10.4 Å². The molecule has 0 radical (unpaired) electrons. The molecule has 0 fully saturated rings. The van der Waals surface area contributed by atoms with E-state index in [9.17, 15) is 13.7 Å². The topological polar surface area (TPSA) is 117 Å². The molecule has 1 atom stereocenters. The minimum absolute atomic E-state index is 0.0572. The molecule has 0 aliphatic rings. The summed E-state index contributed by atoms with van der Waals surface area (Å²) < 4.78 is 27.4. The Morgan fingerprint density at radius 3 is 2.85 bits per heavy atom. The average Bonchev–Trinajstić information content (AvgIpc) is 3.50. The highest BCUT2D eigenvalue weighted by molar-refractivity contribution is 7.91. The number of nitrogens with zero attached hydrogens (tertiary/aromatic N) is 5. The van der Waals surface area contributed by atoms with Crippen LogP contribution in [0.5, 0.6) is 0 Å². The van der Waals surface area contributed by atoms with Gasteiger partial charge in [0.05, 0.1) is 41.1 Å². The summed E-state index contributed by atoms with van der Waals surface area (Å²) in [6, 6.07) is 10.4. The lowest BCUT2D eigenvalue weighted by molar-refractivity contribution is 0.531. The van der Waals surface area contributed by atoms with Crippen LogP contribution >= 0.6 is 0 Å². The van der Waals surface area contributed by atoms with Crippen molar-refractivity contribution in [2.45, 2.75) is 37.6 Å². The highest BCUT2D eigenvalue weighted by Gasteiger charge is 2.20. The Morgan fingerprint density at radius 1 is 1.21 bits per heavy atom. The number of nitriles is 1. The van der Waals surface area contributed by atoms with Gasteiger partial charge in [0.2, 0.25) is 0 Å². The lowest BCUT2D eigenvalue weighted by Gasteiger charge is -2.16. The third-order valence-corrected chi connectivity index (χ3v) is 7.13. The molecule has 0 bridgehead atoms. The van der Waals surface area contributed by atoms with Gasteiger partial charge in [0.25, 0.3) is 0 Å². The zero-order valence-electron chi connectivity index (χ0n) is 19.1. The molecule has 0 saturated carbocycles. The van der Waals surface area contributed by atoms with Crippen LogP contribution in [0.25, 0.3) is 22.3 Å². The molecular weight excluding hydrogens is 448 g/mol. The standard InChI is InChI=1S/C25H26N6O2S/c1-18(2)6-3-4-13-34(32,33)21-8-5-7-19(14-21)23(9-11-26)31-16-20(15-30-31)24-22-10-12-27-25(22)29-17-28-24/h3-5,7-8,10,12,14-18,23H,6,9,13H2,1-2H3,(H,27,28,29). The third kappa shape index (κ3) is 5.07. The number of benzene rings is 1. The fourth-order valence-corrected chi connectivity index (χ4v) is 4.94. The predicted molar refractivity (Wildman–Crippen MR) is 131 cm³/mol. The second-order valence-electron chi connectivity index (χ2n) is 8.50. The Kier molecular flexibility index (Phi) is 6.89. The van der Waals surface area contributed by atoms with Crippen molar-refractivity contribution in [3.63, 3.8) is 0 Å². The van der Waals surface area contributed by atoms with Crippen LogP contribution in [0.2, 0.25) is 0 Å². The first kappa shape index (κ1) is 23.4. The number of allylic oxidation sites excluding steroid dienone is 1. The molecule has 0 aliphatic heterocycles.